The highest BCUT2D eigenvalue weighted by Crippen LogP contribution is 2.30. The largest absolute Gasteiger partial charge is 0.103 e. The van der Waals surface area contributed by atoms with E-state index < -0.39 is 0 Å². The van der Waals surface area contributed by atoms with E-state index in [4.69, 9.17) is 0 Å². The molecular formula is C15H20. The molecule has 0 unspecified atom stereocenters. The summed E-state index contributed by atoms with van der Waals surface area (Å²) in [4.78, 5) is 0. The van der Waals surface area contributed by atoms with Gasteiger partial charge in [0.2, 0.25) is 0 Å². The molecule has 80 valence electrons. The molecule has 1 fully saturated rings. The van der Waals surface area contributed by atoms with Gasteiger partial charge in [0.1, 0.15) is 0 Å². The fourth-order valence-corrected chi connectivity index (χ4v) is 2.40. The van der Waals surface area contributed by atoms with E-state index >= 15 is 0 Å². The van der Waals surface area contributed by atoms with Gasteiger partial charge in [-0.15, -0.1) is 6.58 Å². The lowest BCUT2D eigenvalue weighted by Gasteiger charge is -2.15. The van der Waals surface area contributed by atoms with Gasteiger partial charge in [-0.2, -0.15) is 0 Å². The molecule has 1 saturated carbocycles. The van der Waals surface area contributed by atoms with E-state index in [1.54, 1.807) is 5.57 Å². The summed E-state index contributed by atoms with van der Waals surface area (Å²) in [6.07, 6.45) is 18.1. The molecular weight excluding hydrogens is 180 g/mol. The maximum atomic E-state index is 3.77. The van der Waals surface area contributed by atoms with Crippen LogP contribution < -0.4 is 0 Å². The molecule has 0 aromatic carbocycles. The predicted molar refractivity (Wildman–Crippen MR) is 66.8 cm³/mol. The third-order valence-corrected chi connectivity index (χ3v) is 3.32. The third kappa shape index (κ3) is 2.71. The molecule has 0 saturated heterocycles. The van der Waals surface area contributed by atoms with E-state index in [-0.39, 0.29) is 0 Å². The number of allylic oxidation sites excluding steroid dienone is 7. The zero-order valence-electron chi connectivity index (χ0n) is 9.47. The Kier molecular flexibility index (Phi) is 3.60. The molecule has 0 N–H and O–H groups in total. The van der Waals surface area contributed by atoms with Crippen LogP contribution in [0, 0.1) is 0 Å². The minimum atomic E-state index is 1.10. The molecule has 0 heteroatoms. The van der Waals surface area contributed by atoms with E-state index in [2.05, 4.69) is 24.8 Å². The van der Waals surface area contributed by atoms with Crippen molar-refractivity contribution in [2.24, 2.45) is 0 Å². The van der Waals surface area contributed by atoms with Gasteiger partial charge in [-0.25, -0.2) is 0 Å². The second kappa shape index (κ2) is 5.16. The van der Waals surface area contributed by atoms with Crippen LogP contribution in [0.2, 0.25) is 0 Å². The Labute approximate surface area is 93.1 Å². The molecule has 0 aliphatic heterocycles. The Morgan fingerprint density at radius 1 is 1.13 bits per heavy atom. The summed E-state index contributed by atoms with van der Waals surface area (Å²) in [5.74, 6) is 0. The van der Waals surface area contributed by atoms with Gasteiger partial charge in [0.05, 0.1) is 0 Å². The smallest absolute Gasteiger partial charge is 0.0244 e. The summed E-state index contributed by atoms with van der Waals surface area (Å²) in [6.45, 7) is 3.77. The van der Waals surface area contributed by atoms with Crippen molar-refractivity contribution >= 4 is 0 Å². The normalized spacial score (nSPS) is 20.7. The predicted octanol–water partition coefficient (Wildman–Crippen LogP) is 4.71. The zero-order chi connectivity index (χ0) is 10.5. The molecule has 2 aliphatic rings. The SMILES string of the molecule is C=CCCC1=CC(=C2CCCCC2)C=C1. The highest BCUT2D eigenvalue weighted by molar-refractivity contribution is 5.48. The van der Waals surface area contributed by atoms with Crippen LogP contribution in [0.15, 0.2) is 47.6 Å². The van der Waals surface area contributed by atoms with Crippen molar-refractivity contribution in [3.63, 3.8) is 0 Å². The van der Waals surface area contributed by atoms with Gasteiger partial charge in [0.25, 0.3) is 0 Å². The first-order chi connectivity index (χ1) is 7.40. The molecule has 2 rings (SSSR count). The van der Waals surface area contributed by atoms with Gasteiger partial charge in [-0.3, -0.25) is 0 Å². The third-order valence-electron chi connectivity index (χ3n) is 3.32. The Bertz CT molecular complexity index is 318. The van der Waals surface area contributed by atoms with Crippen LogP contribution in [0.3, 0.4) is 0 Å². The Morgan fingerprint density at radius 3 is 2.67 bits per heavy atom. The second-order valence-electron chi connectivity index (χ2n) is 4.50. The molecule has 0 amide bonds. The van der Waals surface area contributed by atoms with E-state index in [0.717, 1.165) is 12.8 Å². The minimum absolute atomic E-state index is 1.10. The Morgan fingerprint density at radius 2 is 1.93 bits per heavy atom. The molecule has 0 aromatic heterocycles. The molecule has 0 radical (unpaired) electrons. The standard InChI is InChI=1S/C15H20/c1-2-3-7-13-10-11-15(12-13)14-8-5-4-6-9-14/h2,10-12H,1,3-9H2. The topological polar surface area (TPSA) is 0 Å². The van der Waals surface area contributed by atoms with Crippen molar-refractivity contribution < 1.29 is 0 Å². The van der Waals surface area contributed by atoms with Gasteiger partial charge in [0.15, 0.2) is 0 Å². The quantitative estimate of drug-likeness (QED) is 0.579. The van der Waals surface area contributed by atoms with E-state index in [1.165, 1.54) is 43.3 Å². The van der Waals surface area contributed by atoms with Crippen LogP contribution in [-0.2, 0) is 0 Å². The molecule has 15 heavy (non-hydrogen) atoms. The number of hydrogen-bond donors (Lipinski definition) is 0. The molecule has 0 atom stereocenters. The Balaban J connectivity index is 2.03. The first-order valence-corrected chi connectivity index (χ1v) is 6.12. The van der Waals surface area contributed by atoms with Gasteiger partial charge in [-0.05, 0) is 49.7 Å². The lowest BCUT2D eigenvalue weighted by molar-refractivity contribution is 0.596. The first-order valence-electron chi connectivity index (χ1n) is 6.12. The highest BCUT2D eigenvalue weighted by Gasteiger charge is 2.11. The van der Waals surface area contributed by atoms with Gasteiger partial charge in [0, 0.05) is 0 Å². The lowest BCUT2D eigenvalue weighted by atomic mass is 9.91. The summed E-state index contributed by atoms with van der Waals surface area (Å²) >= 11 is 0. The van der Waals surface area contributed by atoms with E-state index in [1.807, 2.05) is 6.08 Å². The maximum absolute atomic E-state index is 3.77. The molecule has 2 aliphatic carbocycles. The van der Waals surface area contributed by atoms with Crippen molar-refractivity contribution in [2.75, 3.05) is 0 Å². The first kappa shape index (κ1) is 10.5. The summed E-state index contributed by atoms with van der Waals surface area (Å²) in [6, 6.07) is 0. The Hall–Kier alpha value is -1.04. The zero-order valence-corrected chi connectivity index (χ0v) is 9.47. The number of rotatable bonds is 3. The fourth-order valence-electron chi connectivity index (χ4n) is 2.40. The van der Waals surface area contributed by atoms with Crippen LogP contribution in [0.5, 0.6) is 0 Å². The summed E-state index contributed by atoms with van der Waals surface area (Å²) < 4.78 is 0. The molecule has 0 bridgehead atoms. The van der Waals surface area contributed by atoms with Gasteiger partial charge >= 0.3 is 0 Å². The van der Waals surface area contributed by atoms with Gasteiger partial charge in [-0.1, -0.05) is 36.3 Å². The average molecular weight is 200 g/mol. The van der Waals surface area contributed by atoms with Crippen LogP contribution in [0.1, 0.15) is 44.9 Å². The molecule has 0 nitrogen and oxygen atoms in total. The van der Waals surface area contributed by atoms with Crippen LogP contribution >= 0.6 is 0 Å². The maximum Gasteiger partial charge on any atom is -0.0244 e. The summed E-state index contributed by atoms with van der Waals surface area (Å²) in [7, 11) is 0. The average Bonchev–Trinajstić information content (AvgIpc) is 2.76. The molecule has 0 spiro atoms. The van der Waals surface area contributed by atoms with Crippen molar-refractivity contribution in [3.8, 4) is 0 Å². The van der Waals surface area contributed by atoms with E-state index in [9.17, 15) is 0 Å². The van der Waals surface area contributed by atoms with Crippen LogP contribution in [0.25, 0.3) is 0 Å². The summed E-state index contributed by atoms with van der Waals surface area (Å²) in [5, 5.41) is 0. The molecule has 0 heterocycles. The second-order valence-corrected chi connectivity index (χ2v) is 4.50. The molecule has 0 aromatic rings. The number of hydrogen-bond acceptors (Lipinski definition) is 0. The summed E-state index contributed by atoms with van der Waals surface area (Å²) in [5.41, 5.74) is 4.67. The van der Waals surface area contributed by atoms with E-state index in [0.29, 0.717) is 0 Å². The minimum Gasteiger partial charge on any atom is -0.103 e. The van der Waals surface area contributed by atoms with Crippen LogP contribution in [-0.4, -0.2) is 0 Å². The van der Waals surface area contributed by atoms with Crippen molar-refractivity contribution in [3.05, 3.63) is 47.6 Å². The van der Waals surface area contributed by atoms with Crippen molar-refractivity contribution in [1.82, 2.24) is 0 Å². The monoisotopic (exact) mass is 200 g/mol. The lowest BCUT2D eigenvalue weighted by Crippen LogP contribution is -1.95. The van der Waals surface area contributed by atoms with Crippen LogP contribution in [0.4, 0.5) is 0 Å². The van der Waals surface area contributed by atoms with Crippen molar-refractivity contribution in [2.45, 2.75) is 44.9 Å². The van der Waals surface area contributed by atoms with Gasteiger partial charge < -0.3 is 0 Å². The van der Waals surface area contributed by atoms with Crippen molar-refractivity contribution in [1.29, 1.82) is 0 Å². The fraction of sp³-hybridized carbons (Fsp3) is 0.467. The highest BCUT2D eigenvalue weighted by atomic mass is 14.2.